The summed E-state index contributed by atoms with van der Waals surface area (Å²) in [5.41, 5.74) is 3.19. The van der Waals surface area contributed by atoms with Crippen molar-refractivity contribution >= 4 is 29.5 Å². The number of anilines is 1. The molecule has 2 atom stereocenters. The van der Waals surface area contributed by atoms with Gasteiger partial charge in [-0.25, -0.2) is 4.79 Å². The molecule has 0 aromatic heterocycles. The maximum atomic E-state index is 12.8. The van der Waals surface area contributed by atoms with Crippen LogP contribution in [-0.4, -0.2) is 79.4 Å². The smallest absolute Gasteiger partial charge is 0.405 e. The Balaban J connectivity index is 0.988. The Hall–Kier alpha value is -4.16. The van der Waals surface area contributed by atoms with Gasteiger partial charge < -0.3 is 34.9 Å². The number of nitrogens with one attached hydrogen (secondary N) is 3. The highest BCUT2D eigenvalue weighted by Gasteiger charge is 2.39. The van der Waals surface area contributed by atoms with Crippen molar-refractivity contribution in [2.45, 2.75) is 64.1 Å². The Morgan fingerprint density at radius 3 is 2.55 bits per heavy atom. The van der Waals surface area contributed by atoms with E-state index in [1.165, 1.54) is 0 Å². The summed E-state index contributed by atoms with van der Waals surface area (Å²) in [6.45, 7) is 5.60. The number of hydrogen-bond donors (Lipinski definition) is 4. The molecule has 2 aliphatic rings. The summed E-state index contributed by atoms with van der Waals surface area (Å²) in [7, 11) is 0. The van der Waals surface area contributed by atoms with Gasteiger partial charge >= 0.3 is 6.09 Å². The van der Waals surface area contributed by atoms with Gasteiger partial charge in [0, 0.05) is 37.4 Å². The summed E-state index contributed by atoms with van der Waals surface area (Å²) in [6.07, 6.45) is 3.52. The third-order valence-corrected chi connectivity index (χ3v) is 7.62. The fraction of sp³-hybridized carbons (Fsp3) is 0.500. The van der Waals surface area contributed by atoms with Crippen molar-refractivity contribution in [3.63, 3.8) is 0 Å². The van der Waals surface area contributed by atoms with E-state index in [1.54, 1.807) is 17.9 Å². The van der Waals surface area contributed by atoms with Crippen molar-refractivity contribution in [2.24, 2.45) is 0 Å². The van der Waals surface area contributed by atoms with E-state index in [2.05, 4.69) is 16.0 Å². The molecule has 4 amide bonds. The average Bonchev–Trinajstić information content (AvgIpc) is 3.32. The zero-order valence-electron chi connectivity index (χ0n) is 25.1. The molecular formula is C32H42N4O8. The number of piperidine rings is 1. The molecule has 44 heavy (non-hydrogen) atoms. The SMILES string of the molecule is C[C@@H](NC(=O)O)c1cccc(OCCCCCCOCCOCCNc2ccc3c(c2)CN(C2CCC(=O)NC2=O)C3=O)c1. The summed E-state index contributed by atoms with van der Waals surface area (Å²) >= 11 is 0. The van der Waals surface area contributed by atoms with Crippen LogP contribution in [0.5, 0.6) is 5.75 Å². The molecule has 1 saturated heterocycles. The third kappa shape index (κ3) is 9.68. The number of carboxylic acid groups (broad SMARTS) is 1. The summed E-state index contributed by atoms with van der Waals surface area (Å²) in [4.78, 5) is 48.8. The van der Waals surface area contributed by atoms with Crippen LogP contribution in [0.1, 0.15) is 73.0 Å². The molecule has 12 nitrogen and oxygen atoms in total. The lowest BCUT2D eigenvalue weighted by Gasteiger charge is -2.29. The number of rotatable bonds is 18. The highest BCUT2D eigenvalue weighted by molar-refractivity contribution is 6.05. The van der Waals surface area contributed by atoms with Crippen LogP contribution in [0.15, 0.2) is 42.5 Å². The number of fused-ring (bicyclic) bond motifs is 1. The summed E-state index contributed by atoms with van der Waals surface area (Å²) in [5, 5.41) is 16.9. The van der Waals surface area contributed by atoms with E-state index in [-0.39, 0.29) is 24.3 Å². The molecule has 1 unspecified atom stereocenters. The predicted octanol–water partition coefficient (Wildman–Crippen LogP) is 3.86. The van der Waals surface area contributed by atoms with E-state index < -0.39 is 18.0 Å². The largest absolute Gasteiger partial charge is 0.494 e. The van der Waals surface area contributed by atoms with Gasteiger partial charge in [0.25, 0.3) is 5.91 Å². The summed E-state index contributed by atoms with van der Waals surface area (Å²) in [6, 6.07) is 12.1. The zero-order valence-corrected chi connectivity index (χ0v) is 25.1. The molecule has 4 rings (SSSR count). The normalized spacial score (nSPS) is 16.8. The molecule has 2 aromatic rings. The molecule has 0 saturated carbocycles. The topological polar surface area (TPSA) is 156 Å². The Morgan fingerprint density at radius 1 is 1.00 bits per heavy atom. The first-order chi connectivity index (χ1) is 21.3. The molecule has 2 aromatic carbocycles. The van der Waals surface area contributed by atoms with Crippen molar-refractivity contribution in [3.05, 3.63) is 59.2 Å². The van der Waals surface area contributed by atoms with Crippen LogP contribution >= 0.6 is 0 Å². The van der Waals surface area contributed by atoms with Gasteiger partial charge in [-0.3, -0.25) is 19.7 Å². The minimum absolute atomic E-state index is 0.180. The van der Waals surface area contributed by atoms with Crippen molar-refractivity contribution in [2.75, 3.05) is 44.9 Å². The molecule has 2 aliphatic heterocycles. The number of carbonyl (C=O) groups is 4. The molecule has 12 heteroatoms. The van der Waals surface area contributed by atoms with Gasteiger partial charge in [-0.1, -0.05) is 18.6 Å². The van der Waals surface area contributed by atoms with E-state index in [9.17, 15) is 19.2 Å². The first-order valence-corrected chi connectivity index (χ1v) is 15.2. The molecule has 2 heterocycles. The summed E-state index contributed by atoms with van der Waals surface area (Å²) < 4.78 is 17.1. The van der Waals surface area contributed by atoms with Crippen molar-refractivity contribution in [1.29, 1.82) is 0 Å². The first kappa shape index (κ1) is 32.7. The number of carbonyl (C=O) groups excluding carboxylic acids is 3. The monoisotopic (exact) mass is 610 g/mol. The molecule has 0 aliphatic carbocycles. The van der Waals surface area contributed by atoms with Gasteiger partial charge in [0.1, 0.15) is 11.8 Å². The molecule has 0 radical (unpaired) electrons. The number of amides is 4. The molecule has 1 fully saturated rings. The second-order valence-corrected chi connectivity index (χ2v) is 10.9. The van der Waals surface area contributed by atoms with E-state index in [4.69, 9.17) is 19.3 Å². The first-order valence-electron chi connectivity index (χ1n) is 15.2. The van der Waals surface area contributed by atoms with Crippen LogP contribution in [0, 0.1) is 0 Å². The second-order valence-electron chi connectivity index (χ2n) is 10.9. The lowest BCUT2D eigenvalue weighted by Crippen LogP contribution is -2.52. The molecule has 4 N–H and O–H groups in total. The summed E-state index contributed by atoms with van der Waals surface area (Å²) in [5.74, 6) is -0.148. The van der Waals surface area contributed by atoms with Gasteiger partial charge in [-0.15, -0.1) is 0 Å². The predicted molar refractivity (Wildman–Crippen MR) is 163 cm³/mol. The Morgan fingerprint density at radius 2 is 1.77 bits per heavy atom. The number of unbranched alkanes of at least 4 members (excludes halogenated alkanes) is 3. The number of benzene rings is 2. The van der Waals surface area contributed by atoms with E-state index in [0.29, 0.717) is 58.1 Å². The van der Waals surface area contributed by atoms with Crippen LogP contribution in [0.25, 0.3) is 0 Å². The maximum absolute atomic E-state index is 12.8. The lowest BCUT2D eigenvalue weighted by molar-refractivity contribution is -0.136. The minimum atomic E-state index is -1.05. The van der Waals surface area contributed by atoms with Crippen LogP contribution in [0.4, 0.5) is 10.5 Å². The van der Waals surface area contributed by atoms with Gasteiger partial charge in [0.15, 0.2) is 0 Å². The van der Waals surface area contributed by atoms with Crippen molar-refractivity contribution in [3.8, 4) is 5.75 Å². The number of nitrogens with zero attached hydrogens (tertiary/aromatic N) is 1. The molecule has 0 spiro atoms. The molecular weight excluding hydrogens is 568 g/mol. The van der Waals surface area contributed by atoms with Gasteiger partial charge in [-0.05, 0) is 74.1 Å². The van der Waals surface area contributed by atoms with Gasteiger partial charge in [0.05, 0.1) is 32.5 Å². The fourth-order valence-electron chi connectivity index (χ4n) is 5.27. The Labute approximate surface area is 257 Å². The quantitative estimate of drug-likeness (QED) is 0.145. The highest BCUT2D eigenvalue weighted by Crippen LogP contribution is 2.29. The minimum Gasteiger partial charge on any atom is -0.494 e. The van der Waals surface area contributed by atoms with Crippen LogP contribution in [0.2, 0.25) is 0 Å². The average molecular weight is 611 g/mol. The van der Waals surface area contributed by atoms with Crippen molar-refractivity contribution in [1.82, 2.24) is 15.5 Å². The lowest BCUT2D eigenvalue weighted by atomic mass is 10.0. The van der Waals surface area contributed by atoms with Crippen LogP contribution < -0.4 is 20.7 Å². The third-order valence-electron chi connectivity index (χ3n) is 7.62. The van der Waals surface area contributed by atoms with Gasteiger partial charge in [-0.2, -0.15) is 0 Å². The highest BCUT2D eigenvalue weighted by atomic mass is 16.5. The van der Waals surface area contributed by atoms with Crippen molar-refractivity contribution < 1.29 is 38.5 Å². The van der Waals surface area contributed by atoms with Crippen LogP contribution in [-0.2, 0) is 25.6 Å². The number of hydrogen-bond acceptors (Lipinski definition) is 8. The number of ether oxygens (including phenoxy) is 3. The molecule has 0 bridgehead atoms. The number of imide groups is 1. The second kappa shape index (κ2) is 16.6. The zero-order chi connectivity index (χ0) is 31.3. The van der Waals surface area contributed by atoms with E-state index in [0.717, 1.165) is 48.2 Å². The Bertz CT molecular complexity index is 1300. The standard InChI is InChI=1S/C32H42N4O8/c1-22(34-32(40)41)23-7-6-8-26(20-23)44-15-5-3-2-4-14-42-17-18-43-16-13-33-25-9-10-27-24(19-25)21-36(31(27)39)28-11-12-29(37)35-30(28)38/h6-10,19-20,22,28,33-34H,2-5,11-18,21H2,1H3,(H,40,41)(H,35,37,38)/t22-,28?/m1/s1. The van der Waals surface area contributed by atoms with Crippen LogP contribution in [0.3, 0.4) is 0 Å². The fourth-order valence-corrected chi connectivity index (χ4v) is 5.27. The maximum Gasteiger partial charge on any atom is 0.405 e. The van der Waals surface area contributed by atoms with E-state index in [1.807, 2.05) is 36.4 Å². The Kier molecular flexibility index (Phi) is 12.4. The van der Waals surface area contributed by atoms with E-state index >= 15 is 0 Å². The molecule has 238 valence electrons. The van der Waals surface area contributed by atoms with Gasteiger partial charge in [0.2, 0.25) is 11.8 Å².